The van der Waals surface area contributed by atoms with Crippen molar-refractivity contribution in [3.05, 3.63) is 99.9 Å². The molecule has 0 aliphatic rings. The molecule has 0 N–H and O–H groups in total. The van der Waals surface area contributed by atoms with Crippen molar-refractivity contribution in [2.75, 3.05) is 0 Å². The van der Waals surface area contributed by atoms with Crippen LogP contribution in [0.1, 0.15) is 53.1 Å². The number of benzene rings is 2. The summed E-state index contributed by atoms with van der Waals surface area (Å²) >= 11 is 0. The summed E-state index contributed by atoms with van der Waals surface area (Å²) in [4.78, 5) is 27.5. The lowest BCUT2D eigenvalue weighted by Crippen LogP contribution is -2.18. The number of hydrogen-bond donors (Lipinski definition) is 0. The first-order chi connectivity index (χ1) is 14.7. The largest absolute Gasteiger partial charge is 0.292 e. The number of carbonyl (C=O) groups is 1. The van der Waals surface area contributed by atoms with E-state index in [1.54, 1.807) is 24.3 Å². The van der Waals surface area contributed by atoms with Crippen LogP contribution in [0.3, 0.4) is 0 Å². The summed E-state index contributed by atoms with van der Waals surface area (Å²) < 4.78 is 27.0. The molecule has 2 aromatic carbocycles. The quantitative estimate of drug-likeness (QED) is 0.281. The Morgan fingerprint density at radius 1 is 1.00 bits per heavy atom. The molecule has 1 unspecified atom stereocenters. The lowest BCUT2D eigenvalue weighted by atomic mass is 10.0. The zero-order valence-corrected chi connectivity index (χ0v) is 18.0. The first kappa shape index (κ1) is 22.3. The molecule has 0 spiro atoms. The topological polar surface area (TPSA) is 107 Å². The van der Waals surface area contributed by atoms with Crippen molar-refractivity contribution < 1.29 is 18.1 Å². The van der Waals surface area contributed by atoms with Gasteiger partial charge >= 0.3 is 0 Å². The van der Waals surface area contributed by atoms with Gasteiger partial charge in [-0.05, 0) is 41.3 Å². The van der Waals surface area contributed by atoms with Gasteiger partial charge in [0, 0.05) is 24.8 Å². The molecule has 1 aromatic heterocycles. The van der Waals surface area contributed by atoms with Crippen molar-refractivity contribution in [1.82, 2.24) is 4.98 Å². The van der Waals surface area contributed by atoms with E-state index in [4.69, 9.17) is 0 Å². The molecule has 0 amide bonds. The molecule has 0 bridgehead atoms. The van der Waals surface area contributed by atoms with E-state index in [0.717, 1.165) is 5.56 Å². The van der Waals surface area contributed by atoms with Crippen LogP contribution < -0.4 is 0 Å². The lowest BCUT2D eigenvalue weighted by molar-refractivity contribution is -0.384. The van der Waals surface area contributed by atoms with Crippen molar-refractivity contribution in [3.8, 4) is 0 Å². The number of Topliss-reactive ketones (excluding diaryl/α,β-unsaturated/α-hetero) is 1. The SMILES string of the molecule is CC(C)c1ccc(S(=O)(=O)C(CC(=O)c2ccccn2)c2cccc([N+](=O)[O-])c2)cc1. The van der Waals surface area contributed by atoms with Crippen LogP contribution in [0.2, 0.25) is 0 Å². The summed E-state index contributed by atoms with van der Waals surface area (Å²) in [7, 11) is -4.01. The Kier molecular flexibility index (Phi) is 6.60. The molecule has 1 atom stereocenters. The van der Waals surface area contributed by atoms with E-state index in [2.05, 4.69) is 4.98 Å². The summed E-state index contributed by atoms with van der Waals surface area (Å²) in [6.07, 6.45) is 1.07. The van der Waals surface area contributed by atoms with Gasteiger partial charge in [-0.2, -0.15) is 0 Å². The van der Waals surface area contributed by atoms with Crippen LogP contribution in [0.5, 0.6) is 0 Å². The Morgan fingerprint density at radius 2 is 1.71 bits per heavy atom. The number of pyridine rings is 1. The molecular formula is C23H22N2O5S. The Bertz CT molecular complexity index is 1190. The van der Waals surface area contributed by atoms with Crippen molar-refractivity contribution in [3.63, 3.8) is 0 Å². The molecule has 0 fully saturated rings. The van der Waals surface area contributed by atoms with Crippen LogP contribution in [-0.4, -0.2) is 24.1 Å². The van der Waals surface area contributed by atoms with E-state index in [1.807, 2.05) is 13.8 Å². The number of non-ortho nitro benzene ring substituents is 1. The number of ketones is 1. The number of sulfone groups is 1. The van der Waals surface area contributed by atoms with E-state index in [9.17, 15) is 23.3 Å². The monoisotopic (exact) mass is 438 g/mol. The first-order valence-electron chi connectivity index (χ1n) is 9.72. The smallest absolute Gasteiger partial charge is 0.269 e. The average Bonchev–Trinajstić information content (AvgIpc) is 2.77. The standard InChI is InChI=1S/C23H22N2O5S/c1-16(2)17-9-11-20(12-10-17)31(29,30)23(15-22(26)21-8-3-4-13-24-21)18-6-5-7-19(14-18)25(27)28/h3-14,16,23H,15H2,1-2H3. The van der Waals surface area contributed by atoms with Gasteiger partial charge in [-0.25, -0.2) is 8.42 Å². The normalized spacial score (nSPS) is 12.5. The molecule has 7 nitrogen and oxygen atoms in total. The Hall–Kier alpha value is -3.39. The predicted octanol–water partition coefficient (Wildman–Crippen LogP) is 4.90. The number of hydrogen-bond acceptors (Lipinski definition) is 6. The van der Waals surface area contributed by atoms with Crippen molar-refractivity contribution in [2.24, 2.45) is 0 Å². The molecule has 1 heterocycles. The number of nitro benzene ring substituents is 1. The Morgan fingerprint density at radius 3 is 2.29 bits per heavy atom. The lowest BCUT2D eigenvalue weighted by Gasteiger charge is -2.18. The van der Waals surface area contributed by atoms with Gasteiger partial charge in [0.25, 0.3) is 5.69 Å². The van der Waals surface area contributed by atoms with Crippen LogP contribution in [0.4, 0.5) is 5.69 Å². The second kappa shape index (κ2) is 9.18. The van der Waals surface area contributed by atoms with Gasteiger partial charge in [-0.1, -0.05) is 44.2 Å². The maximum absolute atomic E-state index is 13.5. The highest BCUT2D eigenvalue weighted by atomic mass is 32.2. The van der Waals surface area contributed by atoms with Gasteiger partial charge in [0.2, 0.25) is 0 Å². The summed E-state index contributed by atoms with van der Waals surface area (Å²) in [5.41, 5.74) is 1.07. The van der Waals surface area contributed by atoms with E-state index < -0.39 is 25.8 Å². The molecule has 3 rings (SSSR count). The summed E-state index contributed by atoms with van der Waals surface area (Å²) in [6.45, 7) is 4.00. The van der Waals surface area contributed by atoms with E-state index in [1.165, 1.54) is 48.7 Å². The van der Waals surface area contributed by atoms with Crippen LogP contribution in [0, 0.1) is 10.1 Å². The molecule has 8 heteroatoms. The molecule has 160 valence electrons. The van der Waals surface area contributed by atoms with Crippen molar-refractivity contribution in [1.29, 1.82) is 0 Å². The fourth-order valence-corrected chi connectivity index (χ4v) is 4.97. The maximum Gasteiger partial charge on any atom is 0.269 e. The predicted molar refractivity (Wildman–Crippen MR) is 117 cm³/mol. The number of nitrogens with zero attached hydrogens (tertiary/aromatic N) is 2. The van der Waals surface area contributed by atoms with Gasteiger partial charge < -0.3 is 0 Å². The minimum Gasteiger partial charge on any atom is -0.292 e. The van der Waals surface area contributed by atoms with Gasteiger partial charge in [-0.15, -0.1) is 0 Å². The third-order valence-electron chi connectivity index (χ3n) is 5.02. The minimum absolute atomic E-state index is 0.0576. The van der Waals surface area contributed by atoms with Gasteiger partial charge in [0.1, 0.15) is 5.69 Å². The second-order valence-corrected chi connectivity index (χ2v) is 9.58. The highest BCUT2D eigenvalue weighted by molar-refractivity contribution is 7.91. The molecular weight excluding hydrogens is 416 g/mol. The zero-order valence-electron chi connectivity index (χ0n) is 17.1. The number of nitro groups is 1. The summed E-state index contributed by atoms with van der Waals surface area (Å²) in [5.74, 6) is -0.227. The van der Waals surface area contributed by atoms with Crippen LogP contribution in [0.25, 0.3) is 0 Å². The van der Waals surface area contributed by atoms with Crippen molar-refractivity contribution >= 4 is 21.3 Å². The number of carbonyl (C=O) groups excluding carboxylic acids is 1. The zero-order chi connectivity index (χ0) is 22.6. The van der Waals surface area contributed by atoms with Crippen LogP contribution in [0.15, 0.2) is 77.8 Å². The minimum atomic E-state index is -4.01. The highest BCUT2D eigenvalue weighted by Crippen LogP contribution is 2.35. The first-order valence-corrected chi connectivity index (χ1v) is 11.3. The highest BCUT2D eigenvalue weighted by Gasteiger charge is 2.33. The van der Waals surface area contributed by atoms with Gasteiger partial charge in [0.05, 0.1) is 15.1 Å². The molecule has 0 aliphatic heterocycles. The fourth-order valence-electron chi connectivity index (χ4n) is 3.25. The summed E-state index contributed by atoms with van der Waals surface area (Å²) in [5, 5.41) is 9.93. The fraction of sp³-hybridized carbons (Fsp3) is 0.217. The van der Waals surface area contributed by atoms with Gasteiger partial charge in [0.15, 0.2) is 15.6 Å². The molecule has 0 saturated carbocycles. The van der Waals surface area contributed by atoms with Crippen molar-refractivity contribution in [2.45, 2.75) is 36.3 Å². The number of rotatable bonds is 8. The molecule has 31 heavy (non-hydrogen) atoms. The van der Waals surface area contributed by atoms with E-state index >= 15 is 0 Å². The molecule has 0 radical (unpaired) electrons. The van der Waals surface area contributed by atoms with Crippen LogP contribution >= 0.6 is 0 Å². The Labute approximate surface area is 180 Å². The van der Waals surface area contributed by atoms with E-state index in [0.29, 0.717) is 0 Å². The molecule has 0 aliphatic carbocycles. The second-order valence-electron chi connectivity index (χ2n) is 7.45. The molecule has 0 saturated heterocycles. The van der Waals surface area contributed by atoms with Crippen LogP contribution in [-0.2, 0) is 9.84 Å². The maximum atomic E-state index is 13.5. The Balaban J connectivity index is 2.07. The van der Waals surface area contributed by atoms with E-state index in [-0.39, 0.29) is 34.2 Å². The third kappa shape index (κ3) is 5.03. The average molecular weight is 439 g/mol. The number of aromatic nitrogens is 1. The summed E-state index contributed by atoms with van der Waals surface area (Å²) in [6, 6.07) is 16.7. The third-order valence-corrected chi connectivity index (χ3v) is 7.14. The molecule has 3 aromatic rings. The van der Waals surface area contributed by atoms with Gasteiger partial charge in [-0.3, -0.25) is 19.9 Å².